The zero-order chi connectivity index (χ0) is 13.1. The van der Waals surface area contributed by atoms with E-state index in [2.05, 4.69) is 58.6 Å². The monoisotopic (exact) mass is 251 g/mol. The van der Waals surface area contributed by atoms with E-state index in [1.165, 1.54) is 22.0 Å². The summed E-state index contributed by atoms with van der Waals surface area (Å²) < 4.78 is 0. The summed E-state index contributed by atoms with van der Waals surface area (Å²) >= 11 is 0. The topological polar surface area (TPSA) is 40.7 Å². The van der Waals surface area contributed by atoms with Crippen LogP contribution in [0.5, 0.6) is 0 Å². The maximum absolute atomic E-state index is 4.31. The van der Waals surface area contributed by atoms with Crippen LogP contribution in [0.2, 0.25) is 0 Å². The van der Waals surface area contributed by atoms with Crippen molar-refractivity contribution in [2.75, 3.05) is 11.9 Å². The highest BCUT2D eigenvalue weighted by molar-refractivity contribution is 5.88. The Morgan fingerprint density at radius 1 is 1.21 bits per heavy atom. The molecule has 3 aromatic rings. The van der Waals surface area contributed by atoms with E-state index in [-0.39, 0.29) is 0 Å². The molecule has 0 atom stereocenters. The van der Waals surface area contributed by atoms with Crippen molar-refractivity contribution >= 4 is 16.5 Å². The van der Waals surface area contributed by atoms with E-state index >= 15 is 0 Å². The average molecular weight is 251 g/mol. The second kappa shape index (κ2) is 5.14. The Labute approximate surface area is 112 Å². The Morgan fingerprint density at radius 2 is 2.16 bits per heavy atom. The molecule has 1 aromatic heterocycles. The minimum absolute atomic E-state index is 0.858. The number of imidazole rings is 1. The number of nitrogens with zero attached hydrogens (tertiary/aromatic N) is 1. The van der Waals surface area contributed by atoms with E-state index in [0.717, 1.165) is 18.7 Å². The van der Waals surface area contributed by atoms with Gasteiger partial charge >= 0.3 is 0 Å². The Hall–Kier alpha value is -2.29. The zero-order valence-electron chi connectivity index (χ0n) is 11.0. The van der Waals surface area contributed by atoms with Crippen LogP contribution < -0.4 is 5.32 Å². The van der Waals surface area contributed by atoms with Crippen LogP contribution in [-0.2, 0) is 6.42 Å². The molecule has 0 saturated heterocycles. The van der Waals surface area contributed by atoms with Crippen molar-refractivity contribution in [1.82, 2.24) is 9.97 Å². The smallest absolute Gasteiger partial charge is 0.0923 e. The summed E-state index contributed by atoms with van der Waals surface area (Å²) in [5.41, 5.74) is 3.55. The van der Waals surface area contributed by atoms with Gasteiger partial charge in [-0.05, 0) is 35.4 Å². The highest BCUT2D eigenvalue weighted by atomic mass is 14.9. The molecule has 3 nitrogen and oxygen atoms in total. The number of aromatic amines is 1. The van der Waals surface area contributed by atoms with E-state index in [4.69, 9.17) is 0 Å². The number of benzene rings is 2. The number of rotatable bonds is 4. The number of hydrogen-bond donors (Lipinski definition) is 2. The van der Waals surface area contributed by atoms with Crippen LogP contribution in [0, 0.1) is 0 Å². The summed E-state index contributed by atoms with van der Waals surface area (Å²) in [6, 6.07) is 13.0. The first kappa shape index (κ1) is 11.8. The normalized spacial score (nSPS) is 10.8. The first-order valence-corrected chi connectivity index (χ1v) is 6.60. The van der Waals surface area contributed by atoms with Gasteiger partial charge in [-0.25, -0.2) is 4.98 Å². The molecule has 3 heteroatoms. The van der Waals surface area contributed by atoms with Gasteiger partial charge in [-0.1, -0.05) is 24.3 Å². The van der Waals surface area contributed by atoms with E-state index in [9.17, 15) is 0 Å². The summed E-state index contributed by atoms with van der Waals surface area (Å²) in [5, 5.41) is 5.93. The van der Waals surface area contributed by atoms with Gasteiger partial charge in [-0.15, -0.1) is 0 Å². The maximum Gasteiger partial charge on any atom is 0.0923 e. The molecule has 96 valence electrons. The minimum atomic E-state index is 0.858. The minimum Gasteiger partial charge on any atom is -0.385 e. The third kappa shape index (κ3) is 2.45. The molecule has 0 radical (unpaired) electrons. The molecule has 0 aliphatic heterocycles. The number of aromatic nitrogens is 2. The molecular weight excluding hydrogens is 234 g/mol. The largest absolute Gasteiger partial charge is 0.385 e. The highest BCUT2D eigenvalue weighted by Crippen LogP contribution is 2.24. The van der Waals surface area contributed by atoms with Crippen LogP contribution in [0.25, 0.3) is 10.8 Å². The van der Waals surface area contributed by atoms with Crippen LogP contribution >= 0.6 is 0 Å². The third-order valence-electron chi connectivity index (χ3n) is 3.28. The van der Waals surface area contributed by atoms with Crippen molar-refractivity contribution in [2.24, 2.45) is 0 Å². The van der Waals surface area contributed by atoms with Crippen molar-refractivity contribution in [3.05, 3.63) is 60.2 Å². The second-order valence-corrected chi connectivity index (χ2v) is 4.62. The summed E-state index contributed by atoms with van der Waals surface area (Å²) in [6.45, 7) is 3.05. The van der Waals surface area contributed by atoms with Crippen LogP contribution in [0.3, 0.4) is 0 Å². The van der Waals surface area contributed by atoms with Crippen molar-refractivity contribution in [3.63, 3.8) is 0 Å². The lowest BCUT2D eigenvalue weighted by Gasteiger charge is -2.09. The summed E-state index contributed by atoms with van der Waals surface area (Å²) in [4.78, 5) is 7.31. The van der Waals surface area contributed by atoms with Gasteiger partial charge in [0.05, 0.1) is 12.0 Å². The molecule has 0 amide bonds. The van der Waals surface area contributed by atoms with Crippen LogP contribution in [0.1, 0.15) is 18.2 Å². The number of H-pyrrole nitrogens is 1. The standard InChI is InChI=1S/C16H17N3/c1-2-18-14-7-6-12-4-3-5-13(16(12)9-14)8-15-10-17-11-19-15/h3-7,9-11,18H,2,8H2,1H3,(H,17,19). The molecule has 0 unspecified atom stereocenters. The zero-order valence-corrected chi connectivity index (χ0v) is 11.0. The molecule has 0 spiro atoms. The van der Waals surface area contributed by atoms with Gasteiger partial charge in [0, 0.05) is 24.8 Å². The van der Waals surface area contributed by atoms with Crippen molar-refractivity contribution in [3.8, 4) is 0 Å². The molecule has 2 aromatic carbocycles. The molecule has 0 fully saturated rings. The van der Waals surface area contributed by atoms with Crippen molar-refractivity contribution < 1.29 is 0 Å². The number of nitrogens with one attached hydrogen (secondary N) is 2. The van der Waals surface area contributed by atoms with E-state index in [1.54, 1.807) is 6.33 Å². The molecule has 3 rings (SSSR count). The lowest BCUT2D eigenvalue weighted by Crippen LogP contribution is -1.97. The van der Waals surface area contributed by atoms with E-state index in [1.807, 2.05) is 6.20 Å². The number of hydrogen-bond acceptors (Lipinski definition) is 2. The number of anilines is 1. The van der Waals surface area contributed by atoms with Gasteiger partial charge < -0.3 is 10.3 Å². The van der Waals surface area contributed by atoms with Gasteiger partial charge in [0.1, 0.15) is 0 Å². The van der Waals surface area contributed by atoms with E-state index in [0.29, 0.717) is 0 Å². The van der Waals surface area contributed by atoms with Crippen molar-refractivity contribution in [2.45, 2.75) is 13.3 Å². The van der Waals surface area contributed by atoms with Gasteiger partial charge in [-0.2, -0.15) is 0 Å². The molecule has 1 heterocycles. The summed E-state index contributed by atoms with van der Waals surface area (Å²) in [5.74, 6) is 0. The maximum atomic E-state index is 4.31. The molecule has 0 bridgehead atoms. The molecule has 2 N–H and O–H groups in total. The number of fused-ring (bicyclic) bond motifs is 1. The summed E-state index contributed by atoms with van der Waals surface area (Å²) in [6.07, 6.45) is 4.54. The Kier molecular flexibility index (Phi) is 3.19. The fourth-order valence-electron chi connectivity index (χ4n) is 2.39. The molecule has 19 heavy (non-hydrogen) atoms. The molecular formula is C16H17N3. The quantitative estimate of drug-likeness (QED) is 0.744. The highest BCUT2D eigenvalue weighted by Gasteiger charge is 2.04. The first-order valence-electron chi connectivity index (χ1n) is 6.60. The Balaban J connectivity index is 2.04. The molecule has 0 aliphatic carbocycles. The molecule has 0 saturated carbocycles. The first-order chi connectivity index (χ1) is 9.36. The Morgan fingerprint density at radius 3 is 2.95 bits per heavy atom. The van der Waals surface area contributed by atoms with Crippen molar-refractivity contribution in [1.29, 1.82) is 0 Å². The van der Waals surface area contributed by atoms with Crippen LogP contribution in [0.4, 0.5) is 5.69 Å². The van der Waals surface area contributed by atoms with Crippen LogP contribution in [-0.4, -0.2) is 16.5 Å². The third-order valence-corrected chi connectivity index (χ3v) is 3.28. The second-order valence-electron chi connectivity index (χ2n) is 4.62. The average Bonchev–Trinajstić information content (AvgIpc) is 2.93. The lowest BCUT2D eigenvalue weighted by atomic mass is 10.0. The van der Waals surface area contributed by atoms with Gasteiger partial charge in [0.15, 0.2) is 0 Å². The fourth-order valence-corrected chi connectivity index (χ4v) is 2.39. The lowest BCUT2D eigenvalue weighted by molar-refractivity contribution is 1.12. The SMILES string of the molecule is CCNc1ccc2cccc(Cc3c[nH]cn3)c2c1. The molecule has 0 aliphatic rings. The van der Waals surface area contributed by atoms with Gasteiger partial charge in [0.25, 0.3) is 0 Å². The fraction of sp³-hybridized carbons (Fsp3) is 0.188. The van der Waals surface area contributed by atoms with Gasteiger partial charge in [0.2, 0.25) is 0 Å². The summed E-state index contributed by atoms with van der Waals surface area (Å²) in [7, 11) is 0. The van der Waals surface area contributed by atoms with Gasteiger partial charge in [-0.3, -0.25) is 0 Å². The van der Waals surface area contributed by atoms with Crippen LogP contribution in [0.15, 0.2) is 48.9 Å². The Bertz CT molecular complexity index is 672. The predicted molar refractivity (Wildman–Crippen MR) is 79.5 cm³/mol. The van der Waals surface area contributed by atoms with E-state index < -0.39 is 0 Å². The predicted octanol–water partition coefficient (Wildman–Crippen LogP) is 3.59.